The number of hydrogen-bond donors (Lipinski definition) is 1. The lowest BCUT2D eigenvalue weighted by molar-refractivity contribution is -0.385. The predicted octanol–water partition coefficient (Wildman–Crippen LogP) is 3.29. The summed E-state index contributed by atoms with van der Waals surface area (Å²) in [5, 5.41) is 13.3. The first-order valence-corrected chi connectivity index (χ1v) is 6.41. The summed E-state index contributed by atoms with van der Waals surface area (Å²) >= 11 is 0. The van der Waals surface area contributed by atoms with Crippen molar-refractivity contribution in [3.05, 3.63) is 33.9 Å². The summed E-state index contributed by atoms with van der Waals surface area (Å²) in [7, 11) is 0. The first kappa shape index (κ1) is 16.8. The zero-order valence-corrected chi connectivity index (χ0v) is 11.5. The Morgan fingerprint density at radius 3 is 2.76 bits per heavy atom. The van der Waals surface area contributed by atoms with E-state index in [4.69, 9.17) is 4.74 Å². The van der Waals surface area contributed by atoms with E-state index in [0.717, 1.165) is 12.1 Å². The number of esters is 1. The molecule has 0 saturated carbocycles. The molecule has 0 amide bonds. The average molecular weight is 302 g/mol. The van der Waals surface area contributed by atoms with E-state index < -0.39 is 16.9 Å². The van der Waals surface area contributed by atoms with Crippen LogP contribution in [0.1, 0.15) is 31.8 Å². The number of non-ortho nitro benzene ring substituents is 1. The number of carbonyl (C=O) groups is 1. The highest BCUT2D eigenvalue weighted by atomic mass is 19.3. The van der Waals surface area contributed by atoms with Gasteiger partial charge < -0.3 is 10.1 Å². The van der Waals surface area contributed by atoms with E-state index in [9.17, 15) is 23.7 Å². The Hall–Kier alpha value is -2.25. The van der Waals surface area contributed by atoms with E-state index in [2.05, 4.69) is 5.32 Å². The van der Waals surface area contributed by atoms with Gasteiger partial charge in [0.1, 0.15) is 0 Å². The van der Waals surface area contributed by atoms with Gasteiger partial charge in [-0.25, -0.2) is 8.78 Å². The monoisotopic (exact) mass is 302 g/mol. The highest BCUT2D eigenvalue weighted by Crippen LogP contribution is 2.30. The third kappa shape index (κ3) is 5.33. The van der Waals surface area contributed by atoms with Crippen molar-refractivity contribution in [2.45, 2.75) is 26.2 Å². The van der Waals surface area contributed by atoms with Crippen molar-refractivity contribution in [2.24, 2.45) is 0 Å². The number of rotatable bonds is 8. The zero-order chi connectivity index (χ0) is 15.8. The molecule has 0 unspecified atom stereocenters. The Morgan fingerprint density at radius 2 is 2.19 bits per heavy atom. The Morgan fingerprint density at radius 1 is 1.48 bits per heavy atom. The lowest BCUT2D eigenvalue weighted by atomic mass is 10.1. The van der Waals surface area contributed by atoms with Crippen LogP contribution in [0.25, 0.3) is 0 Å². The first-order chi connectivity index (χ1) is 9.95. The summed E-state index contributed by atoms with van der Waals surface area (Å²) in [6.45, 7) is 2.28. The maximum atomic E-state index is 12.9. The number of benzene rings is 1. The van der Waals surface area contributed by atoms with Gasteiger partial charge in [0.05, 0.1) is 11.5 Å². The van der Waals surface area contributed by atoms with Gasteiger partial charge in [0.2, 0.25) is 0 Å². The summed E-state index contributed by atoms with van der Waals surface area (Å²) in [6.07, 6.45) is -2.23. The smallest absolute Gasteiger partial charge is 0.305 e. The summed E-state index contributed by atoms with van der Waals surface area (Å²) in [5.41, 5.74) is -0.692. The number of carbonyl (C=O) groups excluding carboxylic acids is 1. The molecule has 0 aliphatic carbocycles. The molecule has 6 nitrogen and oxygen atoms in total. The third-order valence-corrected chi connectivity index (χ3v) is 2.66. The molecule has 1 aromatic rings. The van der Waals surface area contributed by atoms with Gasteiger partial charge in [0.25, 0.3) is 12.1 Å². The number of nitrogens with one attached hydrogen (secondary N) is 1. The lowest BCUT2D eigenvalue weighted by Crippen LogP contribution is -2.09. The number of hydrogen-bond acceptors (Lipinski definition) is 5. The van der Waals surface area contributed by atoms with Crippen molar-refractivity contribution in [3.63, 3.8) is 0 Å². The number of nitro groups is 1. The summed E-state index contributed by atoms with van der Waals surface area (Å²) in [6, 6.07) is 3.24. The Balaban J connectivity index is 2.62. The van der Waals surface area contributed by atoms with Crippen LogP contribution in [-0.2, 0) is 9.53 Å². The minimum Gasteiger partial charge on any atom is -0.466 e. The average Bonchev–Trinajstić information content (AvgIpc) is 2.43. The molecule has 0 bridgehead atoms. The Kier molecular flexibility index (Phi) is 6.51. The first-order valence-electron chi connectivity index (χ1n) is 6.41. The van der Waals surface area contributed by atoms with Crippen LogP contribution >= 0.6 is 0 Å². The molecule has 0 aromatic heterocycles. The fourth-order valence-corrected chi connectivity index (χ4v) is 1.69. The van der Waals surface area contributed by atoms with Crippen LogP contribution in [0.3, 0.4) is 0 Å². The van der Waals surface area contributed by atoms with Gasteiger partial charge >= 0.3 is 5.97 Å². The molecule has 0 radical (unpaired) electrons. The zero-order valence-electron chi connectivity index (χ0n) is 11.5. The number of anilines is 1. The highest BCUT2D eigenvalue weighted by Gasteiger charge is 2.17. The van der Waals surface area contributed by atoms with Gasteiger partial charge in [-0.15, -0.1) is 0 Å². The molecule has 0 atom stereocenters. The van der Waals surface area contributed by atoms with Crippen LogP contribution in [0.5, 0.6) is 0 Å². The van der Waals surface area contributed by atoms with E-state index >= 15 is 0 Å². The molecule has 0 saturated heterocycles. The van der Waals surface area contributed by atoms with Gasteiger partial charge in [-0.05, 0) is 19.4 Å². The SMILES string of the molecule is CCOC(=O)CCCNc1ccc([N+](=O)[O-])cc1C(F)F. The minimum atomic E-state index is -2.82. The number of nitro benzene ring substituents is 1. The van der Waals surface area contributed by atoms with Crippen LogP contribution in [0, 0.1) is 10.1 Å². The van der Waals surface area contributed by atoms with Gasteiger partial charge in [0.15, 0.2) is 0 Å². The molecule has 1 aromatic carbocycles. The van der Waals surface area contributed by atoms with Crippen molar-refractivity contribution in [3.8, 4) is 0 Å². The van der Waals surface area contributed by atoms with E-state index in [1.807, 2.05) is 0 Å². The molecule has 0 fully saturated rings. The molecule has 0 heterocycles. The van der Waals surface area contributed by atoms with Crippen LogP contribution in [0.2, 0.25) is 0 Å². The summed E-state index contributed by atoms with van der Waals surface area (Å²) < 4.78 is 30.5. The van der Waals surface area contributed by atoms with E-state index in [0.29, 0.717) is 13.0 Å². The van der Waals surface area contributed by atoms with Crippen molar-refractivity contribution < 1.29 is 23.2 Å². The quantitative estimate of drug-likeness (QED) is 0.345. The number of nitrogens with zero attached hydrogens (tertiary/aromatic N) is 1. The second kappa shape index (κ2) is 8.13. The molecule has 1 N–H and O–H groups in total. The number of halogens is 2. The highest BCUT2D eigenvalue weighted by molar-refractivity contribution is 5.69. The summed E-state index contributed by atoms with van der Waals surface area (Å²) in [5.74, 6) is -0.350. The van der Waals surface area contributed by atoms with Gasteiger partial charge in [-0.3, -0.25) is 14.9 Å². The fourth-order valence-electron chi connectivity index (χ4n) is 1.69. The number of ether oxygens (including phenoxy) is 1. The third-order valence-electron chi connectivity index (χ3n) is 2.66. The van der Waals surface area contributed by atoms with Crippen molar-refractivity contribution >= 4 is 17.3 Å². The second-order valence-corrected chi connectivity index (χ2v) is 4.16. The lowest BCUT2D eigenvalue weighted by Gasteiger charge is -2.11. The van der Waals surface area contributed by atoms with Crippen LogP contribution in [0.4, 0.5) is 20.2 Å². The second-order valence-electron chi connectivity index (χ2n) is 4.16. The Labute approximate surface area is 120 Å². The normalized spacial score (nSPS) is 10.5. The minimum absolute atomic E-state index is 0.124. The molecule has 21 heavy (non-hydrogen) atoms. The van der Waals surface area contributed by atoms with Crippen molar-refractivity contribution in [2.75, 3.05) is 18.5 Å². The summed E-state index contributed by atoms with van der Waals surface area (Å²) in [4.78, 5) is 21.0. The van der Waals surface area contributed by atoms with Gasteiger partial charge in [-0.2, -0.15) is 0 Å². The van der Waals surface area contributed by atoms with Crippen LogP contribution < -0.4 is 5.32 Å². The van der Waals surface area contributed by atoms with Gasteiger partial charge in [0, 0.05) is 36.3 Å². The fraction of sp³-hybridized carbons (Fsp3) is 0.462. The molecule has 1 rings (SSSR count). The Bertz CT molecular complexity index is 509. The maximum Gasteiger partial charge on any atom is 0.305 e. The largest absolute Gasteiger partial charge is 0.466 e. The van der Waals surface area contributed by atoms with Gasteiger partial charge in [-0.1, -0.05) is 0 Å². The maximum absolute atomic E-state index is 12.9. The van der Waals surface area contributed by atoms with Crippen LogP contribution in [-0.4, -0.2) is 24.0 Å². The molecular weight excluding hydrogens is 286 g/mol. The standard InChI is InChI=1S/C13H16F2N2O4/c1-2-21-12(18)4-3-7-16-11-6-5-9(17(19)20)8-10(11)13(14)15/h5-6,8,13,16H,2-4,7H2,1H3. The van der Waals surface area contributed by atoms with Crippen molar-refractivity contribution in [1.82, 2.24) is 0 Å². The molecular formula is C13H16F2N2O4. The van der Waals surface area contributed by atoms with Crippen LogP contribution in [0.15, 0.2) is 18.2 Å². The predicted molar refractivity (Wildman–Crippen MR) is 72.4 cm³/mol. The number of alkyl halides is 2. The van der Waals surface area contributed by atoms with E-state index in [1.54, 1.807) is 6.92 Å². The van der Waals surface area contributed by atoms with Crippen molar-refractivity contribution in [1.29, 1.82) is 0 Å². The molecule has 0 spiro atoms. The topological polar surface area (TPSA) is 81.5 Å². The molecule has 0 aliphatic heterocycles. The molecule has 0 aliphatic rings. The van der Waals surface area contributed by atoms with E-state index in [-0.39, 0.29) is 30.3 Å². The molecule has 116 valence electrons. The molecule has 8 heteroatoms. The van der Waals surface area contributed by atoms with E-state index in [1.165, 1.54) is 6.07 Å².